The molecule has 6 heteroatoms. The molecule has 2 rings (SSSR count). The molecule has 1 amide bonds. The topological polar surface area (TPSA) is 55.8 Å². The third-order valence-electron chi connectivity index (χ3n) is 3.89. The van der Waals surface area contributed by atoms with Gasteiger partial charge in [-0.3, -0.25) is 9.69 Å². The van der Waals surface area contributed by atoms with Crippen LogP contribution in [-0.2, 0) is 14.3 Å². The van der Waals surface area contributed by atoms with E-state index in [1.165, 1.54) is 19.1 Å². The van der Waals surface area contributed by atoms with Crippen molar-refractivity contribution in [2.75, 3.05) is 25.7 Å². The van der Waals surface area contributed by atoms with Gasteiger partial charge in [-0.25, -0.2) is 4.79 Å². The minimum Gasteiger partial charge on any atom is -0.468 e. The number of halogens is 1. The van der Waals surface area contributed by atoms with Gasteiger partial charge in [0.25, 0.3) is 0 Å². The Bertz CT molecular complexity index is 745. The van der Waals surface area contributed by atoms with Crippen LogP contribution in [0.5, 0.6) is 0 Å². The Morgan fingerprint density at radius 2 is 1.68 bits per heavy atom. The van der Waals surface area contributed by atoms with Crippen molar-refractivity contribution in [1.29, 1.82) is 0 Å². The molecule has 0 fully saturated rings. The van der Waals surface area contributed by atoms with Crippen LogP contribution in [0, 0.1) is 0 Å². The van der Waals surface area contributed by atoms with E-state index in [1.54, 1.807) is 42.5 Å². The van der Waals surface area contributed by atoms with E-state index >= 15 is 0 Å². The Hall–Kier alpha value is -2.53. The summed E-state index contributed by atoms with van der Waals surface area (Å²) >= 11 is 5.95. The van der Waals surface area contributed by atoms with Gasteiger partial charge < -0.3 is 9.47 Å². The van der Waals surface area contributed by atoms with Gasteiger partial charge in [0, 0.05) is 11.6 Å². The predicted octanol–water partition coefficient (Wildman–Crippen LogP) is 4.24. The molecular formula is C19H20ClNO4. The summed E-state index contributed by atoms with van der Waals surface area (Å²) in [5.41, 5.74) is 1.98. The van der Waals surface area contributed by atoms with Crippen molar-refractivity contribution >= 4 is 29.4 Å². The molecule has 1 unspecified atom stereocenters. The lowest BCUT2D eigenvalue weighted by molar-refractivity contribution is -0.141. The zero-order valence-electron chi connectivity index (χ0n) is 14.4. The molecule has 0 saturated carbocycles. The van der Waals surface area contributed by atoms with Gasteiger partial charge >= 0.3 is 12.1 Å². The average Bonchev–Trinajstić information content (AvgIpc) is 2.64. The number of amides is 1. The highest BCUT2D eigenvalue weighted by Gasteiger charge is 2.29. The second-order valence-electron chi connectivity index (χ2n) is 5.28. The first kappa shape index (κ1) is 18.8. The Morgan fingerprint density at radius 3 is 2.24 bits per heavy atom. The van der Waals surface area contributed by atoms with Crippen molar-refractivity contribution in [3.8, 4) is 0 Å². The number of nitrogens with zero attached hydrogens (tertiary/aromatic N) is 1. The van der Waals surface area contributed by atoms with Gasteiger partial charge in [0.1, 0.15) is 5.92 Å². The third kappa shape index (κ3) is 4.12. The van der Waals surface area contributed by atoms with Gasteiger partial charge in [0.05, 0.1) is 19.9 Å². The summed E-state index contributed by atoms with van der Waals surface area (Å²) < 4.78 is 9.85. The molecule has 5 nitrogen and oxygen atoms in total. The molecule has 0 aliphatic rings. The maximum Gasteiger partial charge on any atom is 0.413 e. The van der Waals surface area contributed by atoms with Crippen LogP contribution < -0.4 is 4.90 Å². The van der Waals surface area contributed by atoms with Crippen molar-refractivity contribution < 1.29 is 19.1 Å². The summed E-state index contributed by atoms with van der Waals surface area (Å²) in [5.74, 6) is -1.10. The second kappa shape index (κ2) is 8.53. The summed E-state index contributed by atoms with van der Waals surface area (Å²) in [6, 6.07) is 14.2. The van der Waals surface area contributed by atoms with Crippen LogP contribution in [-0.4, -0.2) is 32.8 Å². The zero-order valence-corrected chi connectivity index (χ0v) is 15.1. The monoisotopic (exact) mass is 361 g/mol. The van der Waals surface area contributed by atoms with E-state index < -0.39 is 18.0 Å². The molecule has 2 aromatic carbocycles. The smallest absolute Gasteiger partial charge is 0.413 e. The summed E-state index contributed by atoms with van der Waals surface area (Å²) in [7, 11) is 2.66. The molecule has 0 bridgehead atoms. The number of carbonyl (C=O) groups excluding carboxylic acids is 2. The number of carbonyl (C=O) groups is 2. The molecule has 132 valence electrons. The maximum absolute atomic E-state index is 12.5. The lowest BCUT2D eigenvalue weighted by atomic mass is 9.89. The van der Waals surface area contributed by atoms with Crippen LogP contribution in [0.3, 0.4) is 0 Å². The van der Waals surface area contributed by atoms with Crippen LogP contribution >= 0.6 is 11.6 Å². The molecule has 0 N–H and O–H groups in total. The molecule has 2 aromatic rings. The van der Waals surface area contributed by atoms with E-state index in [0.29, 0.717) is 22.8 Å². The van der Waals surface area contributed by atoms with Crippen LogP contribution in [0.1, 0.15) is 24.0 Å². The first-order valence-corrected chi connectivity index (χ1v) is 8.19. The van der Waals surface area contributed by atoms with Gasteiger partial charge in [0.2, 0.25) is 0 Å². The second-order valence-corrected chi connectivity index (χ2v) is 5.72. The molecular weight excluding hydrogens is 342 g/mol. The van der Waals surface area contributed by atoms with Gasteiger partial charge in [-0.15, -0.1) is 0 Å². The normalized spacial score (nSPS) is 11.5. The number of anilines is 1. The van der Waals surface area contributed by atoms with E-state index in [4.69, 9.17) is 21.1 Å². The molecule has 0 spiro atoms. The molecule has 0 saturated heterocycles. The van der Waals surface area contributed by atoms with Gasteiger partial charge in [-0.05, 0) is 36.2 Å². The molecule has 25 heavy (non-hydrogen) atoms. The standard InChI is InChI=1S/C19H20ClNO4/c1-4-21(19(23)25-3)16-8-6-5-7-15(16)17(18(22)24-2)13-9-11-14(20)12-10-13/h5-12,17H,4H2,1-3H3. The number of benzene rings is 2. The average molecular weight is 362 g/mol. The highest BCUT2D eigenvalue weighted by molar-refractivity contribution is 6.30. The predicted molar refractivity (Wildman–Crippen MR) is 97.2 cm³/mol. The van der Waals surface area contributed by atoms with Crippen LogP contribution in [0.4, 0.5) is 10.5 Å². The Labute approximate surface area is 152 Å². The largest absolute Gasteiger partial charge is 0.468 e. The zero-order chi connectivity index (χ0) is 18.4. The molecule has 0 radical (unpaired) electrons. The van der Waals surface area contributed by atoms with Gasteiger partial charge in [-0.2, -0.15) is 0 Å². The Kier molecular flexibility index (Phi) is 6.42. The van der Waals surface area contributed by atoms with Crippen molar-refractivity contribution in [3.05, 3.63) is 64.7 Å². The molecule has 0 aliphatic carbocycles. The highest BCUT2D eigenvalue weighted by Crippen LogP contribution is 2.34. The molecule has 1 atom stereocenters. The number of ether oxygens (including phenoxy) is 2. The van der Waals surface area contributed by atoms with E-state index in [9.17, 15) is 9.59 Å². The number of methoxy groups -OCH3 is 2. The fraction of sp³-hybridized carbons (Fsp3) is 0.263. The van der Waals surface area contributed by atoms with Crippen molar-refractivity contribution in [2.24, 2.45) is 0 Å². The first-order chi connectivity index (χ1) is 12.0. The summed E-state index contributed by atoms with van der Waals surface area (Å²) in [4.78, 5) is 26.1. The summed E-state index contributed by atoms with van der Waals surface area (Å²) in [5, 5.41) is 0.574. The summed E-state index contributed by atoms with van der Waals surface area (Å²) in [6.07, 6.45) is -0.491. The van der Waals surface area contributed by atoms with E-state index in [-0.39, 0.29) is 0 Å². The van der Waals surface area contributed by atoms with Gasteiger partial charge in [-0.1, -0.05) is 41.9 Å². The van der Waals surface area contributed by atoms with Crippen LogP contribution in [0.15, 0.2) is 48.5 Å². The lowest BCUT2D eigenvalue weighted by Crippen LogP contribution is -2.32. The van der Waals surface area contributed by atoms with E-state index in [1.807, 2.05) is 13.0 Å². The van der Waals surface area contributed by atoms with E-state index in [2.05, 4.69) is 0 Å². The maximum atomic E-state index is 12.5. The van der Waals surface area contributed by atoms with Crippen LogP contribution in [0.2, 0.25) is 5.02 Å². The lowest BCUT2D eigenvalue weighted by Gasteiger charge is -2.25. The van der Waals surface area contributed by atoms with Crippen molar-refractivity contribution in [3.63, 3.8) is 0 Å². The molecule has 0 aliphatic heterocycles. The van der Waals surface area contributed by atoms with Crippen LogP contribution in [0.25, 0.3) is 0 Å². The fourth-order valence-corrected chi connectivity index (χ4v) is 2.83. The van der Waals surface area contributed by atoms with E-state index in [0.717, 1.165) is 5.56 Å². The third-order valence-corrected chi connectivity index (χ3v) is 4.14. The molecule has 0 aromatic heterocycles. The minimum absolute atomic E-state index is 0.401. The minimum atomic E-state index is -0.683. The number of hydrogen-bond acceptors (Lipinski definition) is 4. The quantitative estimate of drug-likeness (QED) is 0.747. The molecule has 0 heterocycles. The number of hydrogen-bond donors (Lipinski definition) is 0. The fourth-order valence-electron chi connectivity index (χ4n) is 2.70. The Balaban J connectivity index is 2.60. The highest BCUT2D eigenvalue weighted by atomic mass is 35.5. The number of esters is 1. The number of para-hydroxylation sites is 1. The van der Waals surface area contributed by atoms with Crippen molar-refractivity contribution in [2.45, 2.75) is 12.8 Å². The van der Waals surface area contributed by atoms with Crippen molar-refractivity contribution in [1.82, 2.24) is 0 Å². The first-order valence-electron chi connectivity index (χ1n) is 7.81. The van der Waals surface area contributed by atoms with Gasteiger partial charge in [0.15, 0.2) is 0 Å². The SMILES string of the molecule is CCN(C(=O)OC)c1ccccc1C(C(=O)OC)c1ccc(Cl)cc1. The Morgan fingerprint density at radius 1 is 1.04 bits per heavy atom. The number of rotatable bonds is 5. The summed E-state index contributed by atoms with van der Waals surface area (Å²) in [6.45, 7) is 2.24.